The highest BCUT2D eigenvalue weighted by Crippen LogP contribution is 2.47. The van der Waals surface area contributed by atoms with E-state index in [9.17, 15) is 4.48 Å². The van der Waals surface area contributed by atoms with Gasteiger partial charge in [-0.1, -0.05) is 22.7 Å². The lowest BCUT2D eigenvalue weighted by molar-refractivity contribution is 0.104. The van der Waals surface area contributed by atoms with Crippen LogP contribution < -0.4 is 9.91 Å². The van der Waals surface area contributed by atoms with Crippen LogP contribution in [0.15, 0.2) is 41.3 Å². The quantitative estimate of drug-likeness (QED) is 0.799. The summed E-state index contributed by atoms with van der Waals surface area (Å²) in [5.74, 6) is 1.55. The Morgan fingerprint density at radius 1 is 1.25 bits per heavy atom. The van der Waals surface area contributed by atoms with Crippen LogP contribution in [-0.2, 0) is 4.74 Å². The first-order chi connectivity index (χ1) is 13.7. The van der Waals surface area contributed by atoms with E-state index in [4.69, 9.17) is 9.73 Å². The van der Waals surface area contributed by atoms with Gasteiger partial charge in [-0.2, -0.15) is 15.4 Å². The fourth-order valence-electron chi connectivity index (χ4n) is 4.49. The highest BCUT2D eigenvalue weighted by atomic mass is 19.2. The molecule has 2 aromatic rings. The molecule has 3 unspecified atom stereocenters. The Labute approximate surface area is 160 Å². The first-order valence-corrected chi connectivity index (χ1v) is 9.37. The zero-order valence-electron chi connectivity index (χ0n) is 15.2. The molecule has 0 aliphatic carbocycles. The molecule has 0 amide bonds. The summed E-state index contributed by atoms with van der Waals surface area (Å²) >= 11 is 0. The van der Waals surface area contributed by atoms with E-state index in [2.05, 4.69) is 22.3 Å². The fourth-order valence-corrected chi connectivity index (χ4v) is 4.49. The number of hydrazine groups is 1. The summed E-state index contributed by atoms with van der Waals surface area (Å²) in [4.78, 5) is 6.65. The SMILES string of the molecule is CC1OCCC1c1n[nH]nc1N1C=NC2c3ccccc3N3CN(F)C=C3N21. The highest BCUT2D eigenvalue weighted by Gasteiger charge is 2.45. The van der Waals surface area contributed by atoms with E-state index in [1.165, 1.54) is 6.20 Å². The average molecular weight is 382 g/mol. The molecule has 1 aromatic heterocycles. The summed E-state index contributed by atoms with van der Waals surface area (Å²) in [6, 6.07) is 7.96. The Hall–Kier alpha value is -3.14. The lowest BCUT2D eigenvalue weighted by Gasteiger charge is -2.42. The number of rotatable bonds is 2. The van der Waals surface area contributed by atoms with Gasteiger partial charge in [-0.3, -0.25) is 0 Å². The molecule has 4 aliphatic heterocycles. The number of nitrogens with one attached hydrogen (secondary N) is 1. The van der Waals surface area contributed by atoms with Crippen molar-refractivity contribution >= 4 is 17.8 Å². The lowest BCUT2D eigenvalue weighted by Crippen LogP contribution is -2.47. The molecule has 0 radical (unpaired) electrons. The third kappa shape index (κ3) is 2.06. The summed E-state index contributed by atoms with van der Waals surface area (Å²) in [6.45, 7) is 2.90. The van der Waals surface area contributed by atoms with E-state index in [1.807, 2.05) is 39.2 Å². The number of anilines is 2. The van der Waals surface area contributed by atoms with Crippen LogP contribution in [0.1, 0.15) is 36.7 Å². The Morgan fingerprint density at radius 3 is 3.00 bits per heavy atom. The van der Waals surface area contributed by atoms with Gasteiger partial charge >= 0.3 is 0 Å². The van der Waals surface area contributed by atoms with Crippen molar-refractivity contribution in [2.45, 2.75) is 31.5 Å². The molecular weight excluding hydrogens is 363 g/mol. The van der Waals surface area contributed by atoms with Crippen LogP contribution in [0.5, 0.6) is 0 Å². The third-order valence-electron chi connectivity index (χ3n) is 5.83. The van der Waals surface area contributed by atoms with E-state index in [-0.39, 0.29) is 24.9 Å². The molecule has 1 N–H and O–H groups in total. The number of ether oxygens (including phenoxy) is 1. The lowest BCUT2D eigenvalue weighted by atomic mass is 9.98. The normalized spacial score (nSPS) is 27.9. The van der Waals surface area contributed by atoms with Crippen molar-refractivity contribution in [3.8, 4) is 0 Å². The van der Waals surface area contributed by atoms with E-state index in [0.717, 1.165) is 23.4 Å². The first-order valence-electron chi connectivity index (χ1n) is 9.37. The number of halogens is 1. The van der Waals surface area contributed by atoms with Gasteiger partial charge in [0, 0.05) is 18.1 Å². The standard InChI is InChI=1S/C18H19FN8O/c1-11-12(6-7-28-11)16-18(22-23-21-16)26-9-20-17-13-4-2-3-5-14(13)25-10-24(19)8-15(25)27(17)26/h2-5,8-9,11-12,17H,6-7,10H2,1H3,(H,21,22,23). The van der Waals surface area contributed by atoms with Crippen molar-refractivity contribution in [2.75, 3.05) is 23.2 Å². The predicted molar refractivity (Wildman–Crippen MR) is 99.5 cm³/mol. The molecule has 28 heavy (non-hydrogen) atoms. The van der Waals surface area contributed by atoms with E-state index < -0.39 is 0 Å². The number of benzene rings is 1. The Balaban J connectivity index is 1.45. The van der Waals surface area contributed by atoms with Crippen molar-refractivity contribution in [1.82, 2.24) is 25.5 Å². The summed E-state index contributed by atoms with van der Waals surface area (Å²) < 4.78 is 19.9. The molecule has 0 saturated carbocycles. The number of nitrogens with zero attached hydrogens (tertiary/aromatic N) is 7. The van der Waals surface area contributed by atoms with Crippen LogP contribution in [0.3, 0.4) is 0 Å². The second-order valence-corrected chi connectivity index (χ2v) is 7.35. The van der Waals surface area contributed by atoms with Gasteiger partial charge in [-0.05, 0) is 19.4 Å². The molecule has 5 heterocycles. The number of aromatic nitrogens is 3. The molecule has 1 saturated heterocycles. The smallest absolute Gasteiger partial charge is 0.198 e. The molecule has 1 aromatic carbocycles. The molecule has 9 nitrogen and oxygen atoms in total. The van der Waals surface area contributed by atoms with Gasteiger partial charge in [-0.15, -0.1) is 5.10 Å². The second-order valence-electron chi connectivity index (χ2n) is 7.35. The maximum atomic E-state index is 14.2. The summed E-state index contributed by atoms with van der Waals surface area (Å²) in [7, 11) is 0. The molecule has 0 bridgehead atoms. The first kappa shape index (κ1) is 15.9. The molecule has 6 rings (SSSR count). The molecule has 1 fully saturated rings. The summed E-state index contributed by atoms with van der Waals surface area (Å²) in [5, 5.41) is 16.1. The van der Waals surface area contributed by atoms with Crippen LogP contribution in [0.2, 0.25) is 0 Å². The fraction of sp³-hybridized carbons (Fsp3) is 0.389. The van der Waals surface area contributed by atoms with Crippen LogP contribution in [0.25, 0.3) is 0 Å². The second kappa shape index (κ2) is 5.68. The molecule has 144 valence electrons. The third-order valence-corrected chi connectivity index (χ3v) is 5.83. The topological polar surface area (TPSA) is 76.1 Å². The van der Waals surface area contributed by atoms with E-state index in [1.54, 1.807) is 6.34 Å². The van der Waals surface area contributed by atoms with E-state index >= 15 is 0 Å². The number of hydrogen-bond acceptors (Lipinski definition) is 8. The molecule has 0 spiro atoms. The van der Waals surface area contributed by atoms with E-state index in [0.29, 0.717) is 23.4 Å². The van der Waals surface area contributed by atoms with Gasteiger partial charge in [0.1, 0.15) is 18.7 Å². The maximum absolute atomic E-state index is 14.2. The minimum Gasteiger partial charge on any atom is -0.378 e. The Morgan fingerprint density at radius 2 is 2.14 bits per heavy atom. The van der Waals surface area contributed by atoms with Crippen molar-refractivity contribution in [3.63, 3.8) is 0 Å². The minimum atomic E-state index is -0.271. The van der Waals surface area contributed by atoms with Crippen molar-refractivity contribution in [1.29, 1.82) is 0 Å². The number of aliphatic imine (C=N–C) groups is 1. The van der Waals surface area contributed by atoms with Gasteiger partial charge in [0.05, 0.1) is 18.0 Å². The van der Waals surface area contributed by atoms with Crippen LogP contribution in [0.4, 0.5) is 16.0 Å². The van der Waals surface area contributed by atoms with Gasteiger partial charge in [0.15, 0.2) is 17.8 Å². The number of fused-ring (bicyclic) bond motifs is 6. The Bertz CT molecular complexity index is 989. The molecule has 10 heteroatoms. The maximum Gasteiger partial charge on any atom is 0.198 e. The predicted octanol–water partition coefficient (Wildman–Crippen LogP) is 2.24. The van der Waals surface area contributed by atoms with Crippen molar-refractivity contribution in [2.24, 2.45) is 4.99 Å². The minimum absolute atomic E-state index is 0.0739. The van der Waals surface area contributed by atoms with Crippen LogP contribution in [-0.4, -0.2) is 51.3 Å². The van der Waals surface area contributed by atoms with Gasteiger partial charge in [0.25, 0.3) is 0 Å². The van der Waals surface area contributed by atoms with Gasteiger partial charge in [0.2, 0.25) is 0 Å². The highest BCUT2D eigenvalue weighted by molar-refractivity contribution is 5.82. The average Bonchev–Trinajstić information content (AvgIpc) is 3.46. The number of H-pyrrole nitrogens is 1. The van der Waals surface area contributed by atoms with Gasteiger partial charge in [-0.25, -0.2) is 15.0 Å². The zero-order valence-corrected chi connectivity index (χ0v) is 15.2. The largest absolute Gasteiger partial charge is 0.378 e. The molecular formula is C18H19FN8O. The van der Waals surface area contributed by atoms with Crippen LogP contribution in [0, 0.1) is 0 Å². The van der Waals surface area contributed by atoms with Gasteiger partial charge < -0.3 is 9.64 Å². The number of para-hydroxylation sites is 1. The summed E-state index contributed by atoms with van der Waals surface area (Å²) in [6.07, 6.45) is 3.93. The summed E-state index contributed by atoms with van der Waals surface area (Å²) in [5.41, 5.74) is 2.84. The monoisotopic (exact) mass is 382 g/mol. The number of aromatic amines is 1. The zero-order chi connectivity index (χ0) is 18.8. The molecule has 3 atom stereocenters. The van der Waals surface area contributed by atoms with Crippen molar-refractivity contribution < 1.29 is 9.22 Å². The molecule has 4 aliphatic rings. The van der Waals surface area contributed by atoms with Crippen LogP contribution >= 0.6 is 0 Å². The number of hydrogen-bond donors (Lipinski definition) is 1. The Kier molecular flexibility index (Phi) is 3.22. The van der Waals surface area contributed by atoms with Crippen molar-refractivity contribution in [3.05, 3.63) is 47.5 Å².